The summed E-state index contributed by atoms with van der Waals surface area (Å²) in [5.74, 6) is 1.12. The quantitative estimate of drug-likeness (QED) is 0.747. The average molecular weight is 261 g/mol. The van der Waals surface area contributed by atoms with Crippen molar-refractivity contribution in [1.29, 1.82) is 0 Å². The van der Waals surface area contributed by atoms with Gasteiger partial charge in [0, 0.05) is 11.5 Å². The van der Waals surface area contributed by atoms with E-state index in [1.807, 2.05) is 13.8 Å². The smallest absolute Gasteiger partial charge is 0.486 e. The van der Waals surface area contributed by atoms with Gasteiger partial charge in [-0.1, -0.05) is 18.2 Å². The van der Waals surface area contributed by atoms with E-state index in [0.717, 1.165) is 0 Å². The molecule has 0 amide bonds. The van der Waals surface area contributed by atoms with Crippen molar-refractivity contribution in [1.82, 2.24) is 14.8 Å². The molecule has 19 heavy (non-hydrogen) atoms. The van der Waals surface area contributed by atoms with E-state index in [9.17, 15) is 10.0 Å². The Morgan fingerprint density at radius 2 is 2.05 bits per heavy atom. The Morgan fingerprint density at radius 3 is 2.74 bits per heavy atom. The molecule has 0 aliphatic carbocycles. The molecule has 0 unspecified atom stereocenters. The minimum absolute atomic E-state index is 0.194. The van der Waals surface area contributed by atoms with Crippen LogP contribution in [0.25, 0.3) is 0 Å². The Balaban J connectivity index is 2.13. The summed E-state index contributed by atoms with van der Waals surface area (Å²) in [7, 11) is -1.56. The van der Waals surface area contributed by atoms with Crippen LogP contribution in [-0.4, -0.2) is 31.9 Å². The SMILES string of the molecule is CC(C)n1ncnc1COc1ccccc1B(O)O. The molecule has 0 bridgehead atoms. The third-order valence-corrected chi connectivity index (χ3v) is 2.69. The molecule has 0 radical (unpaired) electrons. The van der Waals surface area contributed by atoms with Crippen LogP contribution in [0.1, 0.15) is 25.7 Å². The topological polar surface area (TPSA) is 80.4 Å². The average Bonchev–Trinajstić information content (AvgIpc) is 2.85. The van der Waals surface area contributed by atoms with Crippen molar-refractivity contribution < 1.29 is 14.8 Å². The van der Waals surface area contributed by atoms with Crippen molar-refractivity contribution in [2.45, 2.75) is 26.5 Å². The number of ether oxygens (including phenoxy) is 1. The lowest BCUT2D eigenvalue weighted by Gasteiger charge is -2.12. The minimum atomic E-state index is -1.56. The highest BCUT2D eigenvalue weighted by Crippen LogP contribution is 2.11. The van der Waals surface area contributed by atoms with Gasteiger partial charge in [-0.3, -0.25) is 0 Å². The van der Waals surface area contributed by atoms with Crippen LogP contribution in [0.2, 0.25) is 0 Å². The van der Waals surface area contributed by atoms with Crippen LogP contribution in [0.5, 0.6) is 5.75 Å². The zero-order valence-corrected chi connectivity index (χ0v) is 10.9. The first-order valence-corrected chi connectivity index (χ1v) is 6.06. The fourth-order valence-corrected chi connectivity index (χ4v) is 1.78. The fourth-order valence-electron chi connectivity index (χ4n) is 1.78. The fraction of sp³-hybridized carbons (Fsp3) is 0.333. The number of benzene rings is 1. The molecule has 2 N–H and O–H groups in total. The molecule has 1 heterocycles. The van der Waals surface area contributed by atoms with E-state index in [4.69, 9.17) is 4.74 Å². The molecule has 7 heteroatoms. The predicted octanol–water partition coefficient (Wildman–Crippen LogP) is 0.118. The number of nitrogens with zero attached hydrogens (tertiary/aromatic N) is 3. The second-order valence-corrected chi connectivity index (χ2v) is 4.41. The van der Waals surface area contributed by atoms with Crippen molar-refractivity contribution in [2.24, 2.45) is 0 Å². The van der Waals surface area contributed by atoms with E-state index in [0.29, 0.717) is 17.0 Å². The van der Waals surface area contributed by atoms with Crippen LogP contribution in [0.3, 0.4) is 0 Å². The van der Waals surface area contributed by atoms with Gasteiger partial charge in [0.15, 0.2) is 5.82 Å². The van der Waals surface area contributed by atoms with Crippen LogP contribution >= 0.6 is 0 Å². The minimum Gasteiger partial charge on any atom is -0.486 e. The van der Waals surface area contributed by atoms with Gasteiger partial charge >= 0.3 is 7.12 Å². The van der Waals surface area contributed by atoms with Crippen LogP contribution < -0.4 is 10.2 Å². The largest absolute Gasteiger partial charge is 0.492 e. The summed E-state index contributed by atoms with van der Waals surface area (Å²) in [4.78, 5) is 4.13. The Morgan fingerprint density at radius 1 is 1.32 bits per heavy atom. The maximum atomic E-state index is 9.25. The maximum absolute atomic E-state index is 9.25. The van der Waals surface area contributed by atoms with E-state index in [2.05, 4.69) is 10.1 Å². The van der Waals surface area contributed by atoms with Crippen molar-refractivity contribution in [2.75, 3.05) is 0 Å². The molecule has 1 aromatic heterocycles. The number of para-hydroxylation sites is 1. The Labute approximate surface area is 111 Å². The highest BCUT2D eigenvalue weighted by atomic mass is 16.5. The highest BCUT2D eigenvalue weighted by Gasteiger charge is 2.17. The molecule has 1 aromatic carbocycles. The highest BCUT2D eigenvalue weighted by molar-refractivity contribution is 6.59. The molecule has 0 saturated carbocycles. The molecule has 0 saturated heterocycles. The molecule has 2 rings (SSSR count). The maximum Gasteiger partial charge on any atom is 0.492 e. The van der Waals surface area contributed by atoms with Crippen LogP contribution in [0.4, 0.5) is 0 Å². The van der Waals surface area contributed by atoms with Gasteiger partial charge in [0.05, 0.1) is 0 Å². The summed E-state index contributed by atoms with van der Waals surface area (Å²) >= 11 is 0. The van der Waals surface area contributed by atoms with Gasteiger partial charge in [0.25, 0.3) is 0 Å². The van der Waals surface area contributed by atoms with Gasteiger partial charge in [-0.15, -0.1) is 0 Å². The van der Waals surface area contributed by atoms with E-state index >= 15 is 0 Å². The second kappa shape index (κ2) is 5.86. The summed E-state index contributed by atoms with van der Waals surface area (Å²) in [6, 6.07) is 6.98. The van der Waals surface area contributed by atoms with Crippen molar-refractivity contribution >= 4 is 12.6 Å². The van der Waals surface area contributed by atoms with Gasteiger partial charge in [0.2, 0.25) is 0 Å². The first-order valence-electron chi connectivity index (χ1n) is 6.06. The third-order valence-electron chi connectivity index (χ3n) is 2.69. The van der Waals surface area contributed by atoms with Gasteiger partial charge in [-0.2, -0.15) is 5.10 Å². The first-order chi connectivity index (χ1) is 9.09. The van der Waals surface area contributed by atoms with E-state index < -0.39 is 7.12 Å². The Bertz CT molecular complexity index is 543. The number of aromatic nitrogens is 3. The lowest BCUT2D eigenvalue weighted by molar-refractivity contribution is 0.283. The van der Waals surface area contributed by atoms with Crippen molar-refractivity contribution in [3.8, 4) is 5.75 Å². The molecule has 2 aromatic rings. The molecule has 6 nitrogen and oxygen atoms in total. The van der Waals surface area contributed by atoms with Gasteiger partial charge in [0.1, 0.15) is 18.7 Å². The number of hydrogen-bond donors (Lipinski definition) is 2. The summed E-state index contributed by atoms with van der Waals surface area (Å²) in [5, 5.41) is 22.6. The lowest BCUT2D eigenvalue weighted by Crippen LogP contribution is -2.31. The van der Waals surface area contributed by atoms with Gasteiger partial charge in [-0.05, 0) is 19.9 Å². The summed E-state index contributed by atoms with van der Waals surface area (Å²) in [5.41, 5.74) is 0.332. The van der Waals surface area contributed by atoms with Gasteiger partial charge < -0.3 is 14.8 Å². The van der Waals surface area contributed by atoms with Crippen LogP contribution in [0.15, 0.2) is 30.6 Å². The van der Waals surface area contributed by atoms with Crippen LogP contribution in [-0.2, 0) is 6.61 Å². The second-order valence-electron chi connectivity index (χ2n) is 4.41. The van der Waals surface area contributed by atoms with Crippen molar-refractivity contribution in [3.63, 3.8) is 0 Å². The predicted molar refractivity (Wildman–Crippen MR) is 71.0 cm³/mol. The summed E-state index contributed by atoms with van der Waals surface area (Å²) in [6.07, 6.45) is 1.48. The monoisotopic (exact) mass is 261 g/mol. The van der Waals surface area contributed by atoms with Gasteiger partial charge in [-0.25, -0.2) is 9.67 Å². The Hall–Kier alpha value is -1.86. The molecule has 0 spiro atoms. The Kier molecular flexibility index (Phi) is 4.18. The first kappa shape index (κ1) is 13.6. The molecule has 0 aliphatic rings. The normalized spacial score (nSPS) is 10.8. The number of rotatable bonds is 5. The molecular formula is C12H16BN3O3. The van der Waals surface area contributed by atoms with E-state index in [1.165, 1.54) is 6.33 Å². The van der Waals surface area contributed by atoms with E-state index in [-0.39, 0.29) is 12.6 Å². The molecular weight excluding hydrogens is 245 g/mol. The van der Waals surface area contributed by atoms with Crippen LogP contribution in [0, 0.1) is 0 Å². The molecule has 0 fully saturated rings. The zero-order chi connectivity index (χ0) is 13.8. The summed E-state index contributed by atoms with van der Waals surface area (Å²) < 4.78 is 7.35. The molecule has 0 atom stereocenters. The molecule has 0 aliphatic heterocycles. The summed E-state index contributed by atoms with van der Waals surface area (Å²) in [6.45, 7) is 4.23. The standard InChI is InChI=1S/C12H16BN3O3/c1-9(2)16-12(14-8-15-16)7-19-11-6-4-3-5-10(11)13(17)18/h3-6,8-9,17-18H,7H2,1-2H3. The van der Waals surface area contributed by atoms with Crippen molar-refractivity contribution in [3.05, 3.63) is 36.4 Å². The zero-order valence-electron chi connectivity index (χ0n) is 10.9. The van der Waals surface area contributed by atoms with E-state index in [1.54, 1.807) is 28.9 Å². The number of hydrogen-bond acceptors (Lipinski definition) is 5. The molecule has 100 valence electrons. The lowest BCUT2D eigenvalue weighted by atomic mass is 9.79. The third kappa shape index (κ3) is 3.13.